The van der Waals surface area contributed by atoms with Gasteiger partial charge in [0.1, 0.15) is 0 Å². The number of carbonyl (C=O) groups is 1. The van der Waals surface area contributed by atoms with Crippen LogP contribution in [0.1, 0.15) is 5.56 Å². The third kappa shape index (κ3) is 5.02. The van der Waals surface area contributed by atoms with Gasteiger partial charge >= 0.3 is 0 Å². The third-order valence-electron chi connectivity index (χ3n) is 3.00. The van der Waals surface area contributed by atoms with E-state index in [-0.39, 0.29) is 5.91 Å². The number of nitrogens with one attached hydrogen (secondary N) is 1. The first-order chi connectivity index (χ1) is 10.5. The molecule has 1 amide bonds. The van der Waals surface area contributed by atoms with Crippen LogP contribution < -0.4 is 5.32 Å². The highest BCUT2D eigenvalue weighted by Crippen LogP contribution is 2.16. The van der Waals surface area contributed by atoms with Gasteiger partial charge in [-0.05, 0) is 31.8 Å². The number of carbonyl (C=O) groups excluding carboxylic acids is 1. The molecule has 0 radical (unpaired) electrons. The van der Waals surface area contributed by atoms with Crippen LogP contribution >= 0.6 is 11.6 Å². The summed E-state index contributed by atoms with van der Waals surface area (Å²) in [6.07, 6.45) is 6.59. The fraction of sp³-hybridized carbons (Fsp3) is 0.250. The van der Waals surface area contributed by atoms with Gasteiger partial charge in [-0.25, -0.2) is 0 Å². The minimum absolute atomic E-state index is 0.216. The number of anilines is 1. The maximum Gasteiger partial charge on any atom is 0.248 e. The number of nitrogens with zero attached hydrogens (tertiary/aromatic N) is 3. The van der Waals surface area contributed by atoms with Gasteiger partial charge < -0.3 is 10.2 Å². The van der Waals surface area contributed by atoms with Crippen molar-refractivity contribution in [1.29, 1.82) is 0 Å². The van der Waals surface area contributed by atoms with Crippen LogP contribution in [0.25, 0.3) is 6.08 Å². The Morgan fingerprint density at radius 2 is 2.18 bits per heavy atom. The summed E-state index contributed by atoms with van der Waals surface area (Å²) >= 11 is 6.03. The molecule has 1 aromatic heterocycles. The van der Waals surface area contributed by atoms with Gasteiger partial charge in [0.25, 0.3) is 0 Å². The van der Waals surface area contributed by atoms with Crippen LogP contribution in [0.3, 0.4) is 0 Å². The standard InChI is InChI=1S/C16H19ClN4O/c1-20(2)9-10-21-12-14(11-18-21)19-16(22)8-7-13-5-3-4-6-15(13)17/h3-8,11-12H,9-10H2,1-2H3,(H,19,22)/b8-7+. The van der Waals surface area contributed by atoms with E-state index in [1.54, 1.807) is 23.0 Å². The maximum atomic E-state index is 11.9. The van der Waals surface area contributed by atoms with Crippen LogP contribution in [0.2, 0.25) is 5.02 Å². The van der Waals surface area contributed by atoms with E-state index in [1.165, 1.54) is 6.08 Å². The highest BCUT2D eigenvalue weighted by molar-refractivity contribution is 6.32. The molecule has 0 aliphatic rings. The molecule has 0 bridgehead atoms. The zero-order chi connectivity index (χ0) is 15.9. The molecule has 0 saturated carbocycles. The van der Waals surface area contributed by atoms with Crippen molar-refractivity contribution in [2.75, 3.05) is 26.0 Å². The molecule has 5 nitrogen and oxygen atoms in total. The van der Waals surface area contributed by atoms with Gasteiger partial charge in [0.2, 0.25) is 5.91 Å². The molecule has 0 unspecified atom stereocenters. The lowest BCUT2D eigenvalue weighted by molar-refractivity contribution is -0.111. The Hall–Kier alpha value is -2.11. The zero-order valence-electron chi connectivity index (χ0n) is 12.7. The van der Waals surface area contributed by atoms with Crippen molar-refractivity contribution in [3.63, 3.8) is 0 Å². The minimum Gasteiger partial charge on any atom is -0.320 e. The molecule has 6 heteroatoms. The molecule has 0 aliphatic carbocycles. The molecule has 0 saturated heterocycles. The lowest BCUT2D eigenvalue weighted by Crippen LogP contribution is -2.18. The van der Waals surface area contributed by atoms with E-state index in [9.17, 15) is 4.79 Å². The number of likely N-dealkylation sites (N-methyl/N-ethyl adjacent to an activating group) is 1. The molecule has 22 heavy (non-hydrogen) atoms. The van der Waals surface area contributed by atoms with Crippen LogP contribution in [0.4, 0.5) is 5.69 Å². The van der Waals surface area contributed by atoms with E-state index >= 15 is 0 Å². The number of hydrogen-bond donors (Lipinski definition) is 1. The molecule has 1 heterocycles. The lowest BCUT2D eigenvalue weighted by atomic mass is 10.2. The number of aromatic nitrogens is 2. The summed E-state index contributed by atoms with van der Waals surface area (Å²) in [6.45, 7) is 1.67. The van der Waals surface area contributed by atoms with Gasteiger partial charge in [-0.3, -0.25) is 9.48 Å². The first-order valence-electron chi connectivity index (χ1n) is 6.95. The Morgan fingerprint density at radius 1 is 1.41 bits per heavy atom. The quantitative estimate of drug-likeness (QED) is 0.833. The molecule has 0 spiro atoms. The summed E-state index contributed by atoms with van der Waals surface area (Å²) in [7, 11) is 4.01. The molecule has 2 rings (SSSR count). The van der Waals surface area contributed by atoms with Gasteiger partial charge in [0.15, 0.2) is 0 Å². The lowest BCUT2D eigenvalue weighted by Gasteiger charge is -2.08. The van der Waals surface area contributed by atoms with E-state index in [4.69, 9.17) is 11.6 Å². The molecule has 1 N–H and O–H groups in total. The van der Waals surface area contributed by atoms with E-state index in [0.29, 0.717) is 10.7 Å². The topological polar surface area (TPSA) is 50.2 Å². The smallest absolute Gasteiger partial charge is 0.248 e. The van der Waals surface area contributed by atoms with Crippen molar-refractivity contribution in [2.24, 2.45) is 0 Å². The number of halogens is 1. The molecule has 0 fully saturated rings. The van der Waals surface area contributed by atoms with E-state index in [1.807, 2.05) is 38.5 Å². The highest BCUT2D eigenvalue weighted by Gasteiger charge is 2.02. The van der Waals surface area contributed by atoms with Crippen LogP contribution in [0.15, 0.2) is 42.7 Å². The largest absolute Gasteiger partial charge is 0.320 e. The summed E-state index contributed by atoms with van der Waals surface area (Å²) in [5.41, 5.74) is 1.48. The second kappa shape index (κ2) is 7.77. The maximum absolute atomic E-state index is 11.9. The number of hydrogen-bond acceptors (Lipinski definition) is 3. The van der Waals surface area contributed by atoms with Crippen molar-refractivity contribution >= 4 is 29.3 Å². The van der Waals surface area contributed by atoms with Crippen LogP contribution in [0, 0.1) is 0 Å². The average molecular weight is 319 g/mol. The van der Waals surface area contributed by atoms with E-state index in [0.717, 1.165) is 18.7 Å². The second-order valence-corrected chi connectivity index (χ2v) is 5.55. The van der Waals surface area contributed by atoms with Gasteiger partial charge in [-0.1, -0.05) is 29.8 Å². The predicted octanol–water partition coefficient (Wildman–Crippen LogP) is 2.75. The normalized spacial score (nSPS) is 11.3. The summed E-state index contributed by atoms with van der Waals surface area (Å²) < 4.78 is 1.80. The van der Waals surface area contributed by atoms with Crippen LogP contribution in [0.5, 0.6) is 0 Å². The number of benzene rings is 1. The number of rotatable bonds is 6. The van der Waals surface area contributed by atoms with Crippen molar-refractivity contribution in [1.82, 2.24) is 14.7 Å². The van der Waals surface area contributed by atoms with Gasteiger partial charge in [-0.2, -0.15) is 5.10 Å². The average Bonchev–Trinajstić information content (AvgIpc) is 2.92. The Morgan fingerprint density at radius 3 is 2.91 bits per heavy atom. The Bertz CT molecular complexity index is 664. The zero-order valence-corrected chi connectivity index (χ0v) is 13.4. The molecule has 2 aromatic rings. The second-order valence-electron chi connectivity index (χ2n) is 5.14. The summed E-state index contributed by atoms with van der Waals surface area (Å²) in [4.78, 5) is 14.0. The van der Waals surface area contributed by atoms with Crippen LogP contribution in [-0.2, 0) is 11.3 Å². The third-order valence-corrected chi connectivity index (χ3v) is 3.34. The molecule has 0 aliphatic heterocycles. The Labute approximate surface area is 135 Å². The minimum atomic E-state index is -0.216. The van der Waals surface area contributed by atoms with Crippen LogP contribution in [-0.4, -0.2) is 41.2 Å². The van der Waals surface area contributed by atoms with Gasteiger partial charge in [0, 0.05) is 23.8 Å². The Kier molecular flexibility index (Phi) is 5.75. The van der Waals surface area contributed by atoms with E-state index < -0.39 is 0 Å². The predicted molar refractivity (Wildman–Crippen MR) is 89.9 cm³/mol. The Balaban J connectivity index is 1.91. The van der Waals surface area contributed by atoms with Gasteiger partial charge in [-0.15, -0.1) is 0 Å². The first-order valence-corrected chi connectivity index (χ1v) is 7.33. The van der Waals surface area contributed by atoms with Crippen molar-refractivity contribution in [3.8, 4) is 0 Å². The fourth-order valence-electron chi connectivity index (χ4n) is 1.81. The van der Waals surface area contributed by atoms with Crippen molar-refractivity contribution in [3.05, 3.63) is 53.3 Å². The van der Waals surface area contributed by atoms with Crippen molar-refractivity contribution in [2.45, 2.75) is 6.54 Å². The molecular formula is C16H19ClN4O. The monoisotopic (exact) mass is 318 g/mol. The van der Waals surface area contributed by atoms with E-state index in [2.05, 4.69) is 15.3 Å². The highest BCUT2D eigenvalue weighted by atomic mass is 35.5. The van der Waals surface area contributed by atoms with Gasteiger partial charge in [0.05, 0.1) is 18.4 Å². The fourth-order valence-corrected chi connectivity index (χ4v) is 2.01. The summed E-state index contributed by atoms with van der Waals surface area (Å²) in [6, 6.07) is 7.36. The van der Waals surface area contributed by atoms with Crippen molar-refractivity contribution < 1.29 is 4.79 Å². The molecular weight excluding hydrogens is 300 g/mol. The molecule has 0 atom stereocenters. The summed E-state index contributed by atoms with van der Waals surface area (Å²) in [5, 5.41) is 7.59. The number of amides is 1. The molecule has 1 aromatic carbocycles. The first kappa shape index (κ1) is 16.3. The summed E-state index contributed by atoms with van der Waals surface area (Å²) in [5.74, 6) is -0.216. The molecule has 116 valence electrons. The SMILES string of the molecule is CN(C)CCn1cc(NC(=O)/C=C/c2ccccc2Cl)cn1.